The van der Waals surface area contributed by atoms with Crippen LogP contribution in [0.3, 0.4) is 0 Å². The number of ether oxygens (including phenoxy) is 1. The quantitative estimate of drug-likeness (QED) is 0.827. The van der Waals surface area contributed by atoms with Gasteiger partial charge in [0, 0.05) is 5.56 Å². The van der Waals surface area contributed by atoms with Gasteiger partial charge in [0.05, 0.1) is 30.2 Å². The molecule has 5 nitrogen and oxygen atoms in total. The van der Waals surface area contributed by atoms with E-state index in [1.165, 1.54) is 0 Å². The molecule has 0 aliphatic heterocycles. The molecule has 5 heteroatoms. The fourth-order valence-electron chi connectivity index (χ4n) is 2.26. The summed E-state index contributed by atoms with van der Waals surface area (Å²) in [5, 5.41) is 7.33. The van der Waals surface area contributed by atoms with Crippen LogP contribution in [0.25, 0.3) is 0 Å². The van der Waals surface area contributed by atoms with Crippen molar-refractivity contribution in [3.8, 4) is 5.75 Å². The summed E-state index contributed by atoms with van der Waals surface area (Å²) in [6.45, 7) is 5.88. The number of hydrogen-bond acceptors (Lipinski definition) is 5. The Morgan fingerprint density at radius 2 is 2.11 bits per heavy atom. The van der Waals surface area contributed by atoms with Crippen molar-refractivity contribution in [1.29, 1.82) is 0 Å². The Morgan fingerprint density at radius 3 is 2.68 bits per heavy atom. The second kappa shape index (κ2) is 5.22. The van der Waals surface area contributed by atoms with Crippen LogP contribution in [0.1, 0.15) is 30.0 Å². The highest BCUT2D eigenvalue weighted by Gasteiger charge is 2.17. The van der Waals surface area contributed by atoms with Gasteiger partial charge in [0.25, 0.3) is 0 Å². The minimum atomic E-state index is 0.0562. The molecule has 0 saturated carbocycles. The van der Waals surface area contributed by atoms with Crippen LogP contribution < -0.4 is 15.8 Å². The lowest BCUT2D eigenvalue weighted by atomic mass is 10.1. The summed E-state index contributed by atoms with van der Waals surface area (Å²) in [6.07, 6.45) is 0. The van der Waals surface area contributed by atoms with E-state index in [9.17, 15) is 0 Å². The molecule has 0 radical (unpaired) electrons. The Kier molecular flexibility index (Phi) is 3.64. The molecule has 0 aliphatic rings. The summed E-state index contributed by atoms with van der Waals surface area (Å²) in [5.41, 5.74) is 9.43. The number of methoxy groups -OCH3 is 1. The zero-order valence-corrected chi connectivity index (χ0v) is 11.7. The van der Waals surface area contributed by atoms with Gasteiger partial charge >= 0.3 is 0 Å². The Labute approximate surface area is 112 Å². The molecule has 102 valence electrons. The van der Waals surface area contributed by atoms with Gasteiger partial charge in [-0.25, -0.2) is 0 Å². The maximum atomic E-state index is 6.05. The average Bonchev–Trinajstić information content (AvgIpc) is 2.71. The molecule has 0 bridgehead atoms. The predicted molar refractivity (Wildman–Crippen MR) is 75.4 cm³/mol. The van der Waals surface area contributed by atoms with E-state index in [4.69, 9.17) is 15.0 Å². The molecule has 3 N–H and O–H groups in total. The van der Waals surface area contributed by atoms with Crippen molar-refractivity contribution < 1.29 is 9.26 Å². The van der Waals surface area contributed by atoms with E-state index >= 15 is 0 Å². The Bertz CT molecular complexity index is 559. The van der Waals surface area contributed by atoms with Crippen LogP contribution in [0.4, 0.5) is 11.4 Å². The fourth-order valence-corrected chi connectivity index (χ4v) is 2.26. The van der Waals surface area contributed by atoms with E-state index in [1.807, 2.05) is 39.0 Å². The molecular formula is C14H19N3O2. The van der Waals surface area contributed by atoms with Gasteiger partial charge in [-0.15, -0.1) is 0 Å². The van der Waals surface area contributed by atoms with Crippen LogP contribution in [-0.4, -0.2) is 12.3 Å². The van der Waals surface area contributed by atoms with Gasteiger partial charge in [-0.1, -0.05) is 11.2 Å². The molecule has 1 atom stereocenters. The van der Waals surface area contributed by atoms with Crippen LogP contribution >= 0.6 is 0 Å². The molecule has 19 heavy (non-hydrogen) atoms. The van der Waals surface area contributed by atoms with Gasteiger partial charge < -0.3 is 20.3 Å². The lowest BCUT2D eigenvalue weighted by Crippen LogP contribution is -2.10. The number of benzene rings is 1. The molecule has 0 aliphatic carbocycles. The Morgan fingerprint density at radius 1 is 1.37 bits per heavy atom. The van der Waals surface area contributed by atoms with Crippen molar-refractivity contribution in [2.45, 2.75) is 26.8 Å². The summed E-state index contributed by atoms with van der Waals surface area (Å²) >= 11 is 0. The van der Waals surface area contributed by atoms with Crippen molar-refractivity contribution in [3.63, 3.8) is 0 Å². The third-order valence-corrected chi connectivity index (χ3v) is 3.18. The van der Waals surface area contributed by atoms with Crippen molar-refractivity contribution in [3.05, 3.63) is 35.2 Å². The van der Waals surface area contributed by atoms with Crippen LogP contribution in [0.15, 0.2) is 22.7 Å². The smallest absolute Gasteiger partial charge is 0.143 e. The first kappa shape index (κ1) is 13.3. The number of aromatic nitrogens is 1. The molecule has 0 saturated heterocycles. The minimum absolute atomic E-state index is 0.0562. The lowest BCUT2D eigenvalue weighted by Gasteiger charge is -2.18. The highest BCUT2D eigenvalue weighted by Crippen LogP contribution is 2.32. The first-order valence-electron chi connectivity index (χ1n) is 6.16. The first-order valence-corrected chi connectivity index (χ1v) is 6.16. The monoisotopic (exact) mass is 261 g/mol. The van der Waals surface area contributed by atoms with Gasteiger partial charge in [-0.3, -0.25) is 0 Å². The molecule has 1 heterocycles. The molecule has 1 aromatic heterocycles. The molecule has 1 unspecified atom stereocenters. The second-order valence-electron chi connectivity index (χ2n) is 4.53. The third kappa shape index (κ3) is 2.50. The highest BCUT2D eigenvalue weighted by molar-refractivity contribution is 5.73. The Balaban J connectivity index is 2.27. The number of nitrogens with two attached hydrogens (primary N) is 1. The van der Waals surface area contributed by atoms with Gasteiger partial charge in [-0.2, -0.15) is 0 Å². The van der Waals surface area contributed by atoms with Crippen molar-refractivity contribution in [2.75, 3.05) is 18.2 Å². The zero-order valence-electron chi connectivity index (χ0n) is 11.7. The number of nitrogens with one attached hydrogen (secondary N) is 1. The number of nitrogen functional groups attached to an aromatic ring is 1. The van der Waals surface area contributed by atoms with Gasteiger partial charge in [0.2, 0.25) is 0 Å². The standard InChI is InChI=1S/C14H19N3O2/c1-8(13-9(2)17-19-10(13)3)16-11-6-5-7-12(18-4)14(11)15/h5-8,16H,15H2,1-4H3. The minimum Gasteiger partial charge on any atom is -0.495 e. The molecule has 2 rings (SSSR count). The summed E-state index contributed by atoms with van der Waals surface area (Å²) in [7, 11) is 1.60. The molecule has 0 amide bonds. The molecular weight excluding hydrogens is 242 g/mol. The number of hydrogen-bond donors (Lipinski definition) is 2. The fraction of sp³-hybridized carbons (Fsp3) is 0.357. The summed E-state index contributed by atoms with van der Waals surface area (Å²) in [4.78, 5) is 0. The van der Waals surface area contributed by atoms with Crippen molar-refractivity contribution >= 4 is 11.4 Å². The second-order valence-corrected chi connectivity index (χ2v) is 4.53. The number of aryl methyl sites for hydroxylation is 2. The van der Waals surface area contributed by atoms with Crippen LogP contribution in [0, 0.1) is 13.8 Å². The van der Waals surface area contributed by atoms with Crippen molar-refractivity contribution in [1.82, 2.24) is 5.16 Å². The average molecular weight is 261 g/mol. The maximum Gasteiger partial charge on any atom is 0.143 e. The van der Waals surface area contributed by atoms with Gasteiger partial charge in [0.1, 0.15) is 11.5 Å². The topological polar surface area (TPSA) is 73.3 Å². The third-order valence-electron chi connectivity index (χ3n) is 3.18. The first-order chi connectivity index (χ1) is 9.04. The Hall–Kier alpha value is -2.17. The van der Waals surface area contributed by atoms with Crippen molar-refractivity contribution in [2.24, 2.45) is 0 Å². The van der Waals surface area contributed by atoms with E-state index < -0.39 is 0 Å². The van der Waals surface area contributed by atoms with E-state index in [-0.39, 0.29) is 6.04 Å². The maximum absolute atomic E-state index is 6.05. The van der Waals surface area contributed by atoms with E-state index in [0.717, 1.165) is 22.7 Å². The number of para-hydroxylation sites is 1. The summed E-state index contributed by atoms with van der Waals surface area (Å²) < 4.78 is 10.4. The SMILES string of the molecule is COc1cccc(NC(C)c2c(C)noc2C)c1N. The largest absolute Gasteiger partial charge is 0.495 e. The van der Waals surface area contributed by atoms with Gasteiger partial charge in [-0.05, 0) is 32.9 Å². The molecule has 0 spiro atoms. The molecule has 2 aromatic rings. The zero-order chi connectivity index (χ0) is 14.0. The predicted octanol–water partition coefficient (Wildman–Crippen LogP) is 3.06. The van der Waals surface area contributed by atoms with E-state index in [0.29, 0.717) is 11.4 Å². The molecule has 0 fully saturated rings. The van der Waals surface area contributed by atoms with E-state index in [1.54, 1.807) is 7.11 Å². The summed E-state index contributed by atoms with van der Waals surface area (Å²) in [5.74, 6) is 1.48. The number of nitrogens with zero attached hydrogens (tertiary/aromatic N) is 1. The summed E-state index contributed by atoms with van der Waals surface area (Å²) in [6, 6.07) is 5.71. The lowest BCUT2D eigenvalue weighted by molar-refractivity contribution is 0.392. The number of rotatable bonds is 4. The van der Waals surface area contributed by atoms with E-state index in [2.05, 4.69) is 10.5 Å². The number of anilines is 2. The normalized spacial score (nSPS) is 12.2. The molecule has 1 aromatic carbocycles. The van der Waals surface area contributed by atoms with Crippen LogP contribution in [0.2, 0.25) is 0 Å². The van der Waals surface area contributed by atoms with Gasteiger partial charge in [0.15, 0.2) is 0 Å². The van der Waals surface area contributed by atoms with Crippen LogP contribution in [0.5, 0.6) is 5.75 Å². The highest BCUT2D eigenvalue weighted by atomic mass is 16.5. The van der Waals surface area contributed by atoms with Crippen LogP contribution in [-0.2, 0) is 0 Å².